The monoisotopic (exact) mass is 383 g/mol. The lowest BCUT2D eigenvalue weighted by atomic mass is 9.86. The molecule has 0 aliphatic heterocycles. The summed E-state index contributed by atoms with van der Waals surface area (Å²) in [7, 11) is 1.62. The summed E-state index contributed by atoms with van der Waals surface area (Å²) < 4.78 is 6.69. The standard InChI is InChI=1S/C22H29N3O3/c1-16-7-3-4-10-19(16)23-21(26)11-6-14-25-22(27)13-12-20(24-25)17-8-5-9-18(15-17)28-2/h5,8-9,12-13,15-16,19H,3-4,6-7,10-11,14H2,1-2H3,(H,23,26). The lowest BCUT2D eigenvalue weighted by Gasteiger charge is -2.29. The largest absolute Gasteiger partial charge is 0.497 e. The molecule has 1 fully saturated rings. The smallest absolute Gasteiger partial charge is 0.266 e. The van der Waals surface area contributed by atoms with Crippen molar-refractivity contribution >= 4 is 5.91 Å². The van der Waals surface area contributed by atoms with Gasteiger partial charge in [-0.05, 0) is 43.4 Å². The minimum atomic E-state index is -0.159. The number of nitrogens with one attached hydrogen (secondary N) is 1. The first-order chi connectivity index (χ1) is 13.6. The molecule has 3 rings (SSSR count). The zero-order valence-corrected chi connectivity index (χ0v) is 16.7. The normalized spacial score (nSPS) is 19.2. The molecule has 2 aromatic rings. The van der Waals surface area contributed by atoms with Gasteiger partial charge < -0.3 is 10.1 Å². The number of hydrogen-bond acceptors (Lipinski definition) is 4. The highest BCUT2D eigenvalue weighted by Gasteiger charge is 2.22. The predicted molar refractivity (Wildman–Crippen MR) is 109 cm³/mol. The van der Waals surface area contributed by atoms with Gasteiger partial charge in [0.2, 0.25) is 5.91 Å². The van der Waals surface area contributed by atoms with Crippen molar-refractivity contribution in [2.75, 3.05) is 7.11 Å². The summed E-state index contributed by atoms with van der Waals surface area (Å²) in [5.74, 6) is 1.35. The van der Waals surface area contributed by atoms with Crippen LogP contribution in [-0.2, 0) is 11.3 Å². The van der Waals surface area contributed by atoms with Gasteiger partial charge in [0.05, 0.1) is 12.8 Å². The lowest BCUT2D eigenvalue weighted by Crippen LogP contribution is -2.41. The molecule has 1 aromatic heterocycles. The number of carbonyl (C=O) groups is 1. The first-order valence-electron chi connectivity index (χ1n) is 10.1. The molecule has 0 spiro atoms. The van der Waals surface area contributed by atoms with E-state index in [4.69, 9.17) is 4.74 Å². The number of benzene rings is 1. The van der Waals surface area contributed by atoms with Crippen LogP contribution in [0.5, 0.6) is 5.75 Å². The summed E-state index contributed by atoms with van der Waals surface area (Å²) in [4.78, 5) is 24.4. The van der Waals surface area contributed by atoms with E-state index in [1.54, 1.807) is 13.2 Å². The second-order valence-electron chi connectivity index (χ2n) is 7.55. The van der Waals surface area contributed by atoms with Crippen molar-refractivity contribution < 1.29 is 9.53 Å². The molecule has 0 saturated heterocycles. The Morgan fingerprint density at radius 2 is 2.07 bits per heavy atom. The van der Waals surface area contributed by atoms with Crippen molar-refractivity contribution in [3.05, 3.63) is 46.8 Å². The molecule has 1 aliphatic rings. The molecular weight excluding hydrogens is 354 g/mol. The number of carbonyl (C=O) groups excluding carboxylic acids is 1. The van der Waals surface area contributed by atoms with Gasteiger partial charge in [-0.1, -0.05) is 31.9 Å². The molecule has 1 saturated carbocycles. The van der Waals surface area contributed by atoms with Crippen molar-refractivity contribution in [2.45, 2.75) is 58.0 Å². The summed E-state index contributed by atoms with van der Waals surface area (Å²) in [6.07, 6.45) is 5.68. The Kier molecular flexibility index (Phi) is 6.85. The van der Waals surface area contributed by atoms with Crippen LogP contribution in [0.1, 0.15) is 45.4 Å². The predicted octanol–water partition coefficient (Wildman–Crippen LogP) is 3.39. The Bertz CT molecular complexity index is 862. The van der Waals surface area contributed by atoms with E-state index in [1.807, 2.05) is 24.3 Å². The number of methoxy groups -OCH3 is 1. The van der Waals surface area contributed by atoms with Crippen molar-refractivity contribution in [1.82, 2.24) is 15.1 Å². The first kappa shape index (κ1) is 20.1. The third-order valence-corrected chi connectivity index (χ3v) is 5.46. The SMILES string of the molecule is COc1cccc(-c2ccc(=O)n(CCCC(=O)NC3CCCCC3C)n2)c1. The van der Waals surface area contributed by atoms with Crippen molar-refractivity contribution in [1.29, 1.82) is 0 Å². The van der Waals surface area contributed by atoms with Gasteiger partial charge in [-0.15, -0.1) is 0 Å². The maximum absolute atomic E-state index is 12.3. The van der Waals surface area contributed by atoms with Gasteiger partial charge in [0, 0.05) is 30.6 Å². The van der Waals surface area contributed by atoms with Crippen LogP contribution in [-0.4, -0.2) is 28.8 Å². The number of hydrogen-bond donors (Lipinski definition) is 1. The van der Waals surface area contributed by atoms with Crippen molar-refractivity contribution in [2.24, 2.45) is 5.92 Å². The highest BCUT2D eigenvalue weighted by Crippen LogP contribution is 2.24. The highest BCUT2D eigenvalue weighted by atomic mass is 16.5. The Labute approximate surface area is 165 Å². The van der Waals surface area contributed by atoms with Crippen LogP contribution in [0.2, 0.25) is 0 Å². The Morgan fingerprint density at radius 1 is 1.25 bits per heavy atom. The van der Waals surface area contributed by atoms with Crippen LogP contribution in [0.4, 0.5) is 0 Å². The number of nitrogens with zero attached hydrogens (tertiary/aromatic N) is 2. The van der Waals surface area contributed by atoms with Gasteiger partial charge in [-0.25, -0.2) is 4.68 Å². The maximum atomic E-state index is 12.3. The molecule has 0 radical (unpaired) electrons. The van der Waals surface area contributed by atoms with Gasteiger partial charge in [-0.2, -0.15) is 5.10 Å². The molecule has 2 atom stereocenters. The molecular formula is C22H29N3O3. The van der Waals surface area contributed by atoms with Gasteiger partial charge in [0.15, 0.2) is 0 Å². The second-order valence-corrected chi connectivity index (χ2v) is 7.55. The molecule has 1 amide bonds. The van der Waals surface area contributed by atoms with E-state index in [-0.39, 0.29) is 11.5 Å². The van der Waals surface area contributed by atoms with Crippen LogP contribution in [0.15, 0.2) is 41.2 Å². The number of aromatic nitrogens is 2. The third-order valence-electron chi connectivity index (χ3n) is 5.46. The van der Waals surface area contributed by atoms with E-state index in [0.717, 1.165) is 17.7 Å². The fraction of sp³-hybridized carbons (Fsp3) is 0.500. The molecule has 1 heterocycles. The number of ether oxygens (including phenoxy) is 1. The molecule has 6 nitrogen and oxygen atoms in total. The van der Waals surface area contributed by atoms with Crippen LogP contribution in [0.25, 0.3) is 11.3 Å². The summed E-state index contributed by atoms with van der Waals surface area (Å²) in [6.45, 7) is 2.63. The maximum Gasteiger partial charge on any atom is 0.266 e. The Balaban J connectivity index is 1.58. The summed E-state index contributed by atoms with van der Waals surface area (Å²) in [6, 6.07) is 11.1. The van der Waals surface area contributed by atoms with E-state index in [2.05, 4.69) is 17.3 Å². The zero-order valence-electron chi connectivity index (χ0n) is 16.7. The minimum absolute atomic E-state index is 0.0655. The zero-order chi connectivity index (χ0) is 19.9. The molecule has 1 N–H and O–H groups in total. The average Bonchev–Trinajstić information content (AvgIpc) is 2.71. The van der Waals surface area contributed by atoms with E-state index >= 15 is 0 Å². The topological polar surface area (TPSA) is 73.2 Å². The van der Waals surface area contributed by atoms with Gasteiger partial charge in [-0.3, -0.25) is 9.59 Å². The Morgan fingerprint density at radius 3 is 2.86 bits per heavy atom. The molecule has 150 valence electrons. The van der Waals surface area contributed by atoms with E-state index in [1.165, 1.54) is 30.0 Å². The van der Waals surface area contributed by atoms with Gasteiger partial charge in [0.1, 0.15) is 5.75 Å². The number of aryl methyl sites for hydroxylation is 1. The molecule has 6 heteroatoms. The van der Waals surface area contributed by atoms with Gasteiger partial charge in [0.25, 0.3) is 5.56 Å². The van der Waals surface area contributed by atoms with Crippen molar-refractivity contribution in [3.63, 3.8) is 0 Å². The fourth-order valence-corrected chi connectivity index (χ4v) is 3.74. The quantitative estimate of drug-likeness (QED) is 0.795. The highest BCUT2D eigenvalue weighted by molar-refractivity contribution is 5.76. The Hall–Kier alpha value is -2.63. The van der Waals surface area contributed by atoms with E-state index in [0.29, 0.717) is 37.0 Å². The number of amides is 1. The summed E-state index contributed by atoms with van der Waals surface area (Å²) in [5, 5.41) is 7.62. The van der Waals surface area contributed by atoms with Crippen LogP contribution < -0.4 is 15.6 Å². The average molecular weight is 383 g/mol. The van der Waals surface area contributed by atoms with Gasteiger partial charge >= 0.3 is 0 Å². The van der Waals surface area contributed by atoms with Crippen molar-refractivity contribution in [3.8, 4) is 17.0 Å². The summed E-state index contributed by atoms with van der Waals surface area (Å²) in [5.41, 5.74) is 1.43. The van der Waals surface area contributed by atoms with Crippen LogP contribution >= 0.6 is 0 Å². The molecule has 1 aromatic carbocycles. The lowest BCUT2D eigenvalue weighted by molar-refractivity contribution is -0.122. The molecule has 2 unspecified atom stereocenters. The van der Waals surface area contributed by atoms with Crippen LogP contribution in [0.3, 0.4) is 0 Å². The molecule has 28 heavy (non-hydrogen) atoms. The first-order valence-corrected chi connectivity index (χ1v) is 10.1. The molecule has 1 aliphatic carbocycles. The van der Waals surface area contributed by atoms with Crippen LogP contribution in [0, 0.1) is 5.92 Å². The van der Waals surface area contributed by atoms with E-state index in [9.17, 15) is 9.59 Å². The molecule has 0 bridgehead atoms. The third kappa shape index (κ3) is 5.21. The fourth-order valence-electron chi connectivity index (χ4n) is 3.74. The minimum Gasteiger partial charge on any atom is -0.497 e. The summed E-state index contributed by atoms with van der Waals surface area (Å²) >= 11 is 0. The van der Waals surface area contributed by atoms with E-state index < -0.39 is 0 Å². The second kappa shape index (κ2) is 9.53. The number of rotatable bonds is 7.